The van der Waals surface area contributed by atoms with Gasteiger partial charge in [0.15, 0.2) is 0 Å². The Morgan fingerprint density at radius 3 is 2.72 bits per heavy atom. The molecule has 0 saturated carbocycles. The zero-order valence-electron chi connectivity index (χ0n) is 20.5. The van der Waals surface area contributed by atoms with Gasteiger partial charge in [0.2, 0.25) is 5.91 Å². The van der Waals surface area contributed by atoms with Gasteiger partial charge in [-0.1, -0.05) is 18.7 Å². The molecule has 0 atom stereocenters. The summed E-state index contributed by atoms with van der Waals surface area (Å²) >= 11 is 0. The number of anilines is 1. The van der Waals surface area contributed by atoms with E-state index in [1.165, 1.54) is 6.08 Å². The molecule has 0 saturated heterocycles. The number of hydrogen-bond acceptors (Lipinski definition) is 6. The number of rotatable bonds is 6. The number of nitrogens with one attached hydrogen (secondary N) is 2. The summed E-state index contributed by atoms with van der Waals surface area (Å²) in [7, 11) is 3.48. The smallest absolute Gasteiger partial charge is 0.247 e. The number of aryl methyl sites for hydroxylation is 3. The molecule has 3 aromatic heterocycles. The molecular weight excluding hydrogens is 452 g/mol. The minimum absolute atomic E-state index is 0.0548. The number of pyridine rings is 1. The lowest BCUT2D eigenvalue weighted by molar-refractivity contribution is -0.111. The second-order valence-corrected chi connectivity index (χ2v) is 8.35. The fraction of sp³-hybridized carbons (Fsp3) is 0.148. The van der Waals surface area contributed by atoms with Crippen molar-refractivity contribution < 1.29 is 4.79 Å². The summed E-state index contributed by atoms with van der Waals surface area (Å²) in [5.74, 6) is -0.289. The van der Waals surface area contributed by atoms with Crippen LogP contribution in [-0.2, 0) is 11.8 Å². The van der Waals surface area contributed by atoms with Crippen LogP contribution in [0.3, 0.4) is 0 Å². The van der Waals surface area contributed by atoms with E-state index in [1.807, 2.05) is 51.4 Å². The highest BCUT2D eigenvalue weighted by atomic mass is 16.1. The Labute approximate surface area is 208 Å². The van der Waals surface area contributed by atoms with Crippen molar-refractivity contribution in [2.75, 3.05) is 12.4 Å². The molecule has 36 heavy (non-hydrogen) atoms. The maximum Gasteiger partial charge on any atom is 0.247 e. The number of fused-ring (bicyclic) bond motifs is 1. The van der Waals surface area contributed by atoms with Crippen LogP contribution < -0.4 is 11.1 Å². The summed E-state index contributed by atoms with van der Waals surface area (Å²) in [6.07, 6.45) is 8.19. The van der Waals surface area contributed by atoms with Gasteiger partial charge >= 0.3 is 0 Å². The van der Waals surface area contributed by atoms with Crippen LogP contribution in [0.4, 0.5) is 5.69 Å². The number of carbonyl (C=O) groups is 1. The molecule has 0 fully saturated rings. The molecule has 0 bridgehead atoms. The first-order chi connectivity index (χ1) is 17.3. The first-order valence-corrected chi connectivity index (χ1v) is 11.2. The Bertz CT molecular complexity index is 1610. The third-order valence-electron chi connectivity index (χ3n) is 6.00. The predicted molar refractivity (Wildman–Crippen MR) is 143 cm³/mol. The molecule has 4 aromatic rings. The van der Waals surface area contributed by atoms with Gasteiger partial charge in [-0.15, -0.1) is 0 Å². The van der Waals surface area contributed by atoms with Crippen molar-refractivity contribution in [2.45, 2.75) is 13.8 Å². The summed E-state index contributed by atoms with van der Waals surface area (Å²) in [6.45, 7) is 7.44. The average molecular weight is 479 g/mol. The average Bonchev–Trinajstić information content (AvgIpc) is 3.48. The molecule has 0 aliphatic carbocycles. The number of carbonyl (C=O) groups excluding carboxylic acids is 1. The predicted octanol–water partition coefficient (Wildman–Crippen LogP) is 4.27. The minimum atomic E-state index is -0.289. The summed E-state index contributed by atoms with van der Waals surface area (Å²) in [5.41, 5.74) is 13.9. The van der Waals surface area contributed by atoms with Gasteiger partial charge in [0.05, 0.1) is 11.9 Å². The molecular formula is C27H26N8O. The molecule has 0 aliphatic rings. The van der Waals surface area contributed by atoms with Crippen molar-refractivity contribution in [1.29, 1.82) is 5.26 Å². The number of hydrogen-bond donors (Lipinski definition) is 3. The van der Waals surface area contributed by atoms with Crippen LogP contribution in [0.1, 0.15) is 16.7 Å². The third-order valence-corrected chi connectivity index (χ3v) is 6.00. The highest BCUT2D eigenvalue weighted by Gasteiger charge is 2.22. The summed E-state index contributed by atoms with van der Waals surface area (Å²) < 4.78 is 1.73. The lowest BCUT2D eigenvalue weighted by atomic mass is 9.93. The molecule has 0 unspecified atom stereocenters. The number of nitrogens with zero attached hydrogens (tertiary/aromatic N) is 5. The molecule has 1 amide bonds. The van der Waals surface area contributed by atoms with Crippen LogP contribution in [0.5, 0.6) is 0 Å². The van der Waals surface area contributed by atoms with Gasteiger partial charge in [-0.05, 0) is 42.7 Å². The summed E-state index contributed by atoms with van der Waals surface area (Å²) in [6, 6.07) is 7.90. The first kappa shape index (κ1) is 24.2. The van der Waals surface area contributed by atoms with Gasteiger partial charge < -0.3 is 16.0 Å². The zero-order valence-corrected chi connectivity index (χ0v) is 20.5. The van der Waals surface area contributed by atoms with E-state index < -0.39 is 0 Å². The van der Waals surface area contributed by atoms with Gasteiger partial charge in [0, 0.05) is 66.0 Å². The third kappa shape index (κ3) is 4.28. The van der Waals surface area contributed by atoms with Crippen molar-refractivity contribution in [3.8, 4) is 28.5 Å². The second-order valence-electron chi connectivity index (χ2n) is 8.35. The first-order valence-electron chi connectivity index (χ1n) is 11.2. The largest absolute Gasteiger partial charge is 0.390 e. The summed E-state index contributed by atoms with van der Waals surface area (Å²) in [4.78, 5) is 24.3. The molecule has 4 rings (SSSR count). The number of aromatic nitrogens is 4. The Morgan fingerprint density at radius 2 is 2.08 bits per heavy atom. The topological polar surface area (TPSA) is 138 Å². The fourth-order valence-corrected chi connectivity index (χ4v) is 4.21. The second kappa shape index (κ2) is 9.72. The molecule has 0 aliphatic heterocycles. The van der Waals surface area contributed by atoms with E-state index in [0.29, 0.717) is 22.5 Å². The zero-order chi connectivity index (χ0) is 26.0. The van der Waals surface area contributed by atoms with E-state index in [0.717, 1.165) is 38.9 Å². The number of allylic oxidation sites excluding steroid dienone is 2. The van der Waals surface area contributed by atoms with Crippen LogP contribution in [0.2, 0.25) is 0 Å². The van der Waals surface area contributed by atoms with Gasteiger partial charge in [-0.3, -0.25) is 14.5 Å². The Hall–Kier alpha value is -4.97. The normalized spacial score (nSPS) is 12.0. The highest BCUT2D eigenvalue weighted by molar-refractivity contribution is 6.15. The molecule has 0 spiro atoms. The SMILES string of the molecule is C=CC(=O)Nc1cc(-c2c(-c3cnn(C)c3)[nH]c3ncc(/C(C=NC)=C(/N)C#N)c(C)c23)ccc1C. The van der Waals surface area contributed by atoms with E-state index in [9.17, 15) is 10.1 Å². The quantitative estimate of drug-likeness (QED) is 0.216. The number of benzene rings is 1. The van der Waals surface area contributed by atoms with E-state index in [4.69, 9.17) is 5.73 Å². The van der Waals surface area contributed by atoms with E-state index in [1.54, 1.807) is 30.3 Å². The maximum absolute atomic E-state index is 12.1. The van der Waals surface area contributed by atoms with Crippen LogP contribution in [0.25, 0.3) is 39.0 Å². The van der Waals surface area contributed by atoms with Crippen LogP contribution in [0.15, 0.2) is 60.1 Å². The molecule has 1 aromatic carbocycles. The Kier molecular flexibility index (Phi) is 6.52. The Morgan fingerprint density at radius 1 is 1.31 bits per heavy atom. The number of aromatic amines is 1. The lowest BCUT2D eigenvalue weighted by Gasteiger charge is -2.13. The monoisotopic (exact) mass is 478 g/mol. The Balaban J connectivity index is 2.08. The fourth-order valence-electron chi connectivity index (χ4n) is 4.21. The van der Waals surface area contributed by atoms with Crippen LogP contribution in [-0.4, -0.2) is 38.9 Å². The lowest BCUT2D eigenvalue weighted by Crippen LogP contribution is -2.08. The van der Waals surface area contributed by atoms with Gasteiger partial charge in [0.25, 0.3) is 0 Å². The minimum Gasteiger partial charge on any atom is -0.390 e. The van der Waals surface area contributed by atoms with Crippen LogP contribution in [0, 0.1) is 25.2 Å². The van der Waals surface area contributed by atoms with Gasteiger partial charge in [0.1, 0.15) is 17.4 Å². The van der Waals surface area contributed by atoms with E-state index in [-0.39, 0.29) is 11.6 Å². The number of aliphatic imine (C=N–C) groups is 1. The number of nitriles is 1. The maximum atomic E-state index is 12.1. The number of H-pyrrole nitrogens is 1. The molecule has 9 heteroatoms. The van der Waals surface area contributed by atoms with Crippen molar-refractivity contribution in [2.24, 2.45) is 17.8 Å². The van der Waals surface area contributed by atoms with Gasteiger partial charge in [-0.2, -0.15) is 10.4 Å². The van der Waals surface area contributed by atoms with E-state index in [2.05, 4.69) is 32.0 Å². The van der Waals surface area contributed by atoms with Gasteiger partial charge in [-0.25, -0.2) is 4.98 Å². The van der Waals surface area contributed by atoms with Crippen molar-refractivity contribution in [3.05, 3.63) is 71.8 Å². The number of nitrogens with two attached hydrogens (primary N) is 1. The van der Waals surface area contributed by atoms with Crippen molar-refractivity contribution in [1.82, 2.24) is 19.7 Å². The molecule has 3 heterocycles. The van der Waals surface area contributed by atoms with Crippen molar-refractivity contribution in [3.63, 3.8) is 0 Å². The molecule has 180 valence electrons. The van der Waals surface area contributed by atoms with Crippen molar-refractivity contribution >= 4 is 34.4 Å². The molecule has 9 nitrogen and oxygen atoms in total. The summed E-state index contributed by atoms with van der Waals surface area (Å²) in [5, 5.41) is 17.5. The highest BCUT2D eigenvalue weighted by Crippen LogP contribution is 2.41. The van der Waals surface area contributed by atoms with Crippen LogP contribution >= 0.6 is 0 Å². The molecule has 0 radical (unpaired) electrons. The molecule has 4 N–H and O–H groups in total. The standard InChI is InChI=1S/C27H26N8O/c1-6-23(36)33-22-9-17(8-7-15(22)2)25-24-16(3)19(20(12-30-4)21(29)10-28)13-31-27(24)34-26(25)18-11-32-35(5)14-18/h6-9,11-14H,1,29H2,2-5H3,(H,31,34)(H,33,36)/b21-20+,30-12?. The van der Waals surface area contributed by atoms with E-state index >= 15 is 0 Å². The number of amides is 1.